The third-order valence-electron chi connectivity index (χ3n) is 6.11. The van der Waals surface area contributed by atoms with Gasteiger partial charge in [-0.15, -0.1) is 0 Å². The van der Waals surface area contributed by atoms with Crippen LogP contribution in [0.4, 0.5) is 23.4 Å². The molecule has 2 aromatic rings. The lowest BCUT2D eigenvalue weighted by Crippen LogP contribution is -2.25. The van der Waals surface area contributed by atoms with Crippen molar-refractivity contribution >= 4 is 15.7 Å². The fourth-order valence-electron chi connectivity index (χ4n) is 4.47. The first kappa shape index (κ1) is 22.0. The van der Waals surface area contributed by atoms with Gasteiger partial charge in [0.05, 0.1) is 28.8 Å². The molecule has 4 rings (SSSR count). The molecule has 1 unspecified atom stereocenters. The topological polar surface area (TPSA) is 63.2 Å². The quantitative estimate of drug-likeness (QED) is 0.625. The van der Waals surface area contributed by atoms with Crippen LogP contribution in [0.5, 0.6) is 0 Å². The van der Waals surface area contributed by atoms with Crippen molar-refractivity contribution in [2.24, 2.45) is 5.92 Å². The van der Waals surface area contributed by atoms with E-state index in [0.717, 1.165) is 18.6 Å². The van der Waals surface area contributed by atoms with Gasteiger partial charge in [0.2, 0.25) is 0 Å². The van der Waals surface area contributed by atoms with Gasteiger partial charge in [0.25, 0.3) is 0 Å². The van der Waals surface area contributed by atoms with E-state index < -0.39 is 27.4 Å². The average molecular weight is 457 g/mol. The Bertz CT molecular complexity index is 1040. The van der Waals surface area contributed by atoms with Gasteiger partial charge >= 0.3 is 6.18 Å². The van der Waals surface area contributed by atoms with Crippen LogP contribution in [0.2, 0.25) is 0 Å². The molecular weight excluding hydrogens is 434 g/mol. The second kappa shape index (κ2) is 8.37. The molecule has 1 aromatic heterocycles. The highest BCUT2D eigenvalue weighted by molar-refractivity contribution is 7.91. The van der Waals surface area contributed by atoms with E-state index in [0.29, 0.717) is 37.8 Å². The maximum Gasteiger partial charge on any atom is 0.416 e. The molecule has 10 heteroatoms. The van der Waals surface area contributed by atoms with Crippen LogP contribution in [0.25, 0.3) is 0 Å². The predicted octanol–water partition coefficient (Wildman–Crippen LogP) is 4.34. The second-order valence-electron chi connectivity index (χ2n) is 8.24. The molecule has 0 radical (unpaired) electrons. The summed E-state index contributed by atoms with van der Waals surface area (Å²) >= 11 is 0. The van der Waals surface area contributed by atoms with Crippen LogP contribution < -0.4 is 4.90 Å². The Balaban J connectivity index is 1.51. The Kier molecular flexibility index (Phi) is 5.93. The van der Waals surface area contributed by atoms with Crippen LogP contribution in [0, 0.1) is 11.7 Å². The molecule has 31 heavy (non-hydrogen) atoms. The fourth-order valence-corrected chi connectivity index (χ4v) is 6.38. The molecule has 3 heterocycles. The number of hydrogen-bond acceptors (Lipinski definition) is 5. The lowest BCUT2D eigenvalue weighted by molar-refractivity contribution is -0.137. The Morgan fingerprint density at radius 3 is 2.48 bits per heavy atom. The largest absolute Gasteiger partial charge is 0.416 e. The molecule has 2 fully saturated rings. The number of halogens is 4. The van der Waals surface area contributed by atoms with Gasteiger partial charge in [0.15, 0.2) is 21.5 Å². The highest BCUT2D eigenvalue weighted by Crippen LogP contribution is 2.38. The molecule has 0 spiro atoms. The van der Waals surface area contributed by atoms with Crippen molar-refractivity contribution in [1.29, 1.82) is 0 Å². The molecule has 0 amide bonds. The van der Waals surface area contributed by atoms with Gasteiger partial charge in [0.1, 0.15) is 6.33 Å². The summed E-state index contributed by atoms with van der Waals surface area (Å²) < 4.78 is 77.0. The summed E-state index contributed by atoms with van der Waals surface area (Å²) in [5.41, 5.74) is 0.207. The van der Waals surface area contributed by atoms with Gasteiger partial charge in [-0.2, -0.15) is 13.2 Å². The first-order valence-electron chi connectivity index (χ1n) is 10.3. The first-order valence-corrected chi connectivity index (χ1v) is 12.1. The molecule has 0 aliphatic carbocycles. The summed E-state index contributed by atoms with van der Waals surface area (Å²) in [7, 11) is -2.99. The molecule has 2 saturated heterocycles. The van der Waals surface area contributed by atoms with Crippen molar-refractivity contribution in [2.75, 3.05) is 23.0 Å². The molecular formula is C21H23F4N3O2S. The molecule has 0 saturated carbocycles. The predicted molar refractivity (Wildman–Crippen MR) is 108 cm³/mol. The number of sulfone groups is 1. The number of benzene rings is 1. The summed E-state index contributed by atoms with van der Waals surface area (Å²) in [5, 5.41) is 0. The second-order valence-corrected chi connectivity index (χ2v) is 10.5. The summed E-state index contributed by atoms with van der Waals surface area (Å²) in [6.07, 6.45) is -0.213. The minimum Gasteiger partial charge on any atom is -0.347 e. The monoisotopic (exact) mass is 457 g/mol. The number of rotatable bonds is 5. The summed E-state index contributed by atoms with van der Waals surface area (Å²) in [4.78, 5) is 9.96. The molecule has 0 N–H and O–H groups in total. The maximum atomic E-state index is 15.2. The van der Waals surface area contributed by atoms with Gasteiger partial charge in [-0.25, -0.2) is 22.8 Å². The number of hydrogen-bond donors (Lipinski definition) is 0. The van der Waals surface area contributed by atoms with Crippen LogP contribution >= 0.6 is 0 Å². The van der Waals surface area contributed by atoms with Gasteiger partial charge in [0, 0.05) is 6.54 Å². The molecule has 1 aromatic carbocycles. The number of alkyl halides is 3. The van der Waals surface area contributed by atoms with Crippen LogP contribution in [0.1, 0.15) is 48.5 Å². The molecule has 2 aliphatic heterocycles. The first-order chi connectivity index (χ1) is 14.6. The van der Waals surface area contributed by atoms with Crippen LogP contribution in [0.15, 0.2) is 30.6 Å². The van der Waals surface area contributed by atoms with E-state index in [-0.39, 0.29) is 35.0 Å². The highest BCUT2D eigenvalue weighted by atomic mass is 32.2. The van der Waals surface area contributed by atoms with Crippen LogP contribution in [0.3, 0.4) is 0 Å². The Hall–Kier alpha value is -2.23. The number of nitrogens with zero attached hydrogens (tertiary/aromatic N) is 3. The highest BCUT2D eigenvalue weighted by Gasteiger charge is 2.33. The Morgan fingerprint density at radius 2 is 1.84 bits per heavy atom. The normalized spacial score (nSPS) is 23.4. The van der Waals surface area contributed by atoms with Gasteiger partial charge in [-0.1, -0.05) is 12.1 Å². The molecule has 168 valence electrons. The zero-order valence-corrected chi connectivity index (χ0v) is 17.6. The Labute approximate surface area is 178 Å². The van der Waals surface area contributed by atoms with E-state index in [4.69, 9.17) is 0 Å². The smallest absolute Gasteiger partial charge is 0.347 e. The molecule has 5 nitrogen and oxygen atoms in total. The van der Waals surface area contributed by atoms with Gasteiger partial charge in [-0.05, 0) is 55.7 Å². The van der Waals surface area contributed by atoms with Crippen LogP contribution in [-0.2, 0) is 22.4 Å². The van der Waals surface area contributed by atoms with E-state index in [1.807, 2.05) is 0 Å². The fraction of sp³-hybridized carbons (Fsp3) is 0.524. The summed E-state index contributed by atoms with van der Waals surface area (Å²) in [5.74, 6) is -0.0741. The van der Waals surface area contributed by atoms with Crippen molar-refractivity contribution in [2.45, 2.75) is 44.3 Å². The van der Waals surface area contributed by atoms with Crippen molar-refractivity contribution in [3.63, 3.8) is 0 Å². The lowest BCUT2D eigenvalue weighted by Gasteiger charge is -2.27. The number of anilines is 1. The van der Waals surface area contributed by atoms with E-state index in [9.17, 15) is 21.6 Å². The van der Waals surface area contributed by atoms with E-state index >= 15 is 4.39 Å². The van der Waals surface area contributed by atoms with Crippen LogP contribution in [-0.4, -0.2) is 36.4 Å². The van der Waals surface area contributed by atoms with Gasteiger partial charge in [-0.3, -0.25) is 0 Å². The van der Waals surface area contributed by atoms with E-state index in [1.165, 1.54) is 18.5 Å². The zero-order valence-electron chi connectivity index (χ0n) is 16.8. The van der Waals surface area contributed by atoms with Crippen molar-refractivity contribution in [1.82, 2.24) is 9.97 Å². The van der Waals surface area contributed by atoms with E-state index in [2.05, 4.69) is 9.97 Å². The minimum atomic E-state index is -4.40. The SMILES string of the molecule is O=S1(=O)CCC(CCc2ncnc(N3CCC[C@@H]3c3ccc(C(F)(F)F)cc3)c2F)C1. The van der Waals surface area contributed by atoms with Crippen molar-refractivity contribution in [3.05, 3.63) is 53.2 Å². The third kappa shape index (κ3) is 4.83. The Morgan fingerprint density at radius 1 is 1.10 bits per heavy atom. The lowest BCUT2D eigenvalue weighted by atomic mass is 10.0. The zero-order chi connectivity index (χ0) is 22.2. The molecule has 2 aliphatic rings. The summed E-state index contributed by atoms with van der Waals surface area (Å²) in [6.45, 7) is 0.542. The molecule has 0 bridgehead atoms. The van der Waals surface area contributed by atoms with Crippen molar-refractivity contribution < 1.29 is 26.0 Å². The van der Waals surface area contributed by atoms with Gasteiger partial charge < -0.3 is 4.90 Å². The number of aromatic nitrogens is 2. The van der Waals surface area contributed by atoms with Crippen molar-refractivity contribution in [3.8, 4) is 0 Å². The maximum absolute atomic E-state index is 15.2. The minimum absolute atomic E-state index is 0.00879. The standard InChI is InChI=1S/C21H23F4N3O2S/c22-19-17(8-3-14-9-11-31(29,30)12-14)26-13-27-20(19)28-10-1-2-18(28)15-4-6-16(7-5-15)21(23,24)25/h4-7,13-14,18H,1-3,8-12H2/t14?,18-/m1/s1. The van der Waals surface area contributed by atoms with E-state index in [1.54, 1.807) is 4.90 Å². The third-order valence-corrected chi connectivity index (χ3v) is 7.94. The average Bonchev–Trinajstić information content (AvgIpc) is 3.33. The molecule has 2 atom stereocenters. The summed E-state index contributed by atoms with van der Waals surface area (Å²) in [6, 6.07) is 4.70. The number of aryl methyl sites for hydroxylation is 1.